The summed E-state index contributed by atoms with van der Waals surface area (Å²) in [5, 5.41) is 3.62. The van der Waals surface area contributed by atoms with Crippen LogP contribution in [0.15, 0.2) is 18.2 Å². The van der Waals surface area contributed by atoms with Crippen LogP contribution in [0, 0.1) is 18.3 Å². The summed E-state index contributed by atoms with van der Waals surface area (Å²) in [7, 11) is 0. The lowest BCUT2D eigenvalue weighted by molar-refractivity contribution is 0.467. The van der Waals surface area contributed by atoms with Crippen LogP contribution < -0.4 is 11.1 Å². The van der Waals surface area contributed by atoms with Gasteiger partial charge in [0.1, 0.15) is 4.99 Å². The molecule has 1 aromatic carbocycles. The molecule has 2 aliphatic rings. The first kappa shape index (κ1) is 12.0. The molecule has 2 nitrogen and oxygen atoms in total. The number of hydrogen-bond donors (Lipinski definition) is 2. The van der Waals surface area contributed by atoms with Crippen LogP contribution in [-0.2, 0) is 0 Å². The first-order valence-electron chi connectivity index (χ1n) is 6.76. The van der Waals surface area contributed by atoms with E-state index in [1.54, 1.807) is 0 Å². The zero-order chi connectivity index (χ0) is 12.8. The van der Waals surface area contributed by atoms with Crippen molar-refractivity contribution in [3.05, 3.63) is 29.3 Å². The van der Waals surface area contributed by atoms with E-state index in [9.17, 15) is 0 Å². The van der Waals surface area contributed by atoms with Crippen molar-refractivity contribution in [3.8, 4) is 0 Å². The summed E-state index contributed by atoms with van der Waals surface area (Å²) in [4.78, 5) is 0.484. The molecule has 3 heteroatoms. The number of benzene rings is 1. The lowest BCUT2D eigenvalue weighted by Gasteiger charge is -2.19. The molecule has 0 atom stereocenters. The fourth-order valence-electron chi connectivity index (χ4n) is 2.96. The Morgan fingerprint density at radius 1 is 1.44 bits per heavy atom. The normalized spacial score (nSPS) is 20.5. The molecule has 0 spiro atoms. The number of para-hydroxylation sites is 1. The molecule has 0 unspecified atom stereocenters. The molecule has 0 amide bonds. The Bertz CT molecular complexity index is 487. The number of nitrogens with one attached hydrogen (secondary N) is 1. The van der Waals surface area contributed by atoms with Gasteiger partial charge in [-0.2, -0.15) is 0 Å². The van der Waals surface area contributed by atoms with E-state index < -0.39 is 0 Å². The van der Waals surface area contributed by atoms with Crippen LogP contribution >= 0.6 is 12.2 Å². The minimum atomic E-state index is 0.484. The van der Waals surface area contributed by atoms with Gasteiger partial charge < -0.3 is 11.1 Å². The third-order valence-electron chi connectivity index (χ3n) is 4.49. The van der Waals surface area contributed by atoms with E-state index in [2.05, 4.69) is 18.3 Å². The molecule has 0 aliphatic heterocycles. The van der Waals surface area contributed by atoms with Gasteiger partial charge in [0.2, 0.25) is 0 Å². The zero-order valence-corrected chi connectivity index (χ0v) is 11.6. The highest BCUT2D eigenvalue weighted by atomic mass is 32.1. The molecule has 3 rings (SSSR count). The van der Waals surface area contributed by atoms with E-state index in [-0.39, 0.29) is 0 Å². The minimum absolute atomic E-state index is 0.484. The number of nitrogens with two attached hydrogens (primary N) is 1. The van der Waals surface area contributed by atoms with Crippen LogP contribution in [-0.4, -0.2) is 11.5 Å². The standard InChI is InChI=1S/C15H20N2S/c1-10-3-2-4-12(14(16)18)13(10)17-9-15(7-8-15)11-5-6-11/h2-4,11,17H,5-9H2,1H3,(H2,16,18). The van der Waals surface area contributed by atoms with E-state index >= 15 is 0 Å². The third kappa shape index (κ3) is 2.12. The average Bonchev–Trinajstić information content (AvgIpc) is 3.19. The predicted octanol–water partition coefficient (Wildman–Crippen LogP) is 3.23. The average molecular weight is 260 g/mol. The molecule has 2 saturated carbocycles. The summed E-state index contributed by atoms with van der Waals surface area (Å²) in [6, 6.07) is 6.14. The number of thiocarbonyl (C=S) groups is 1. The smallest absolute Gasteiger partial charge is 0.106 e. The fourth-order valence-corrected chi connectivity index (χ4v) is 3.13. The molecular formula is C15H20N2S. The Labute approximate surface area is 114 Å². The van der Waals surface area contributed by atoms with E-state index in [0.29, 0.717) is 10.4 Å². The van der Waals surface area contributed by atoms with Crippen molar-refractivity contribution in [2.75, 3.05) is 11.9 Å². The quantitative estimate of drug-likeness (QED) is 0.798. The molecule has 0 heterocycles. The van der Waals surface area contributed by atoms with E-state index in [1.165, 1.54) is 31.2 Å². The van der Waals surface area contributed by atoms with Gasteiger partial charge >= 0.3 is 0 Å². The molecule has 18 heavy (non-hydrogen) atoms. The number of hydrogen-bond acceptors (Lipinski definition) is 2. The maximum absolute atomic E-state index is 5.80. The second-order valence-corrected chi connectivity index (χ2v) is 6.29. The largest absolute Gasteiger partial charge is 0.389 e. The fraction of sp³-hybridized carbons (Fsp3) is 0.533. The second kappa shape index (κ2) is 4.23. The molecular weight excluding hydrogens is 240 g/mol. The van der Waals surface area contributed by atoms with E-state index in [4.69, 9.17) is 18.0 Å². The van der Waals surface area contributed by atoms with E-state index in [1.807, 2.05) is 12.1 Å². The minimum Gasteiger partial charge on any atom is -0.389 e. The van der Waals surface area contributed by atoms with Gasteiger partial charge in [-0.05, 0) is 55.6 Å². The molecule has 96 valence electrons. The van der Waals surface area contributed by atoms with Crippen molar-refractivity contribution in [1.82, 2.24) is 0 Å². The highest BCUT2D eigenvalue weighted by molar-refractivity contribution is 7.80. The molecule has 3 N–H and O–H groups in total. The summed E-state index contributed by atoms with van der Waals surface area (Å²) < 4.78 is 0. The third-order valence-corrected chi connectivity index (χ3v) is 4.71. The molecule has 0 aromatic heterocycles. The first-order valence-corrected chi connectivity index (χ1v) is 7.16. The highest BCUT2D eigenvalue weighted by Gasteiger charge is 2.53. The van der Waals surface area contributed by atoms with Crippen molar-refractivity contribution in [2.45, 2.75) is 32.6 Å². The predicted molar refractivity (Wildman–Crippen MR) is 79.9 cm³/mol. The first-order chi connectivity index (χ1) is 8.62. The van der Waals surface area contributed by atoms with Gasteiger partial charge in [0.15, 0.2) is 0 Å². The SMILES string of the molecule is Cc1cccc(C(N)=S)c1NCC1(C2CC2)CC1. The van der Waals surface area contributed by atoms with Gasteiger partial charge in [-0.25, -0.2) is 0 Å². The van der Waals surface area contributed by atoms with E-state index in [0.717, 1.165) is 23.7 Å². The van der Waals surface area contributed by atoms with Crippen LogP contribution in [0.25, 0.3) is 0 Å². The van der Waals surface area contributed by atoms with Crippen molar-refractivity contribution >= 4 is 22.9 Å². The number of rotatable bonds is 5. The molecule has 2 aliphatic carbocycles. The van der Waals surface area contributed by atoms with Gasteiger partial charge in [0, 0.05) is 17.8 Å². The van der Waals surface area contributed by atoms with Crippen LogP contribution in [0.4, 0.5) is 5.69 Å². The van der Waals surface area contributed by atoms with Gasteiger partial charge in [-0.1, -0.05) is 24.4 Å². The van der Waals surface area contributed by atoms with Crippen LogP contribution in [0.2, 0.25) is 0 Å². The van der Waals surface area contributed by atoms with Crippen molar-refractivity contribution in [3.63, 3.8) is 0 Å². The van der Waals surface area contributed by atoms with Crippen molar-refractivity contribution < 1.29 is 0 Å². The van der Waals surface area contributed by atoms with Crippen LogP contribution in [0.1, 0.15) is 36.8 Å². The Hall–Kier alpha value is -1.09. The lowest BCUT2D eigenvalue weighted by Crippen LogP contribution is -2.20. The van der Waals surface area contributed by atoms with Crippen molar-refractivity contribution in [2.24, 2.45) is 17.1 Å². The number of aryl methyl sites for hydroxylation is 1. The summed E-state index contributed by atoms with van der Waals surface area (Å²) in [6.07, 6.45) is 5.63. The Balaban J connectivity index is 1.77. The maximum Gasteiger partial charge on any atom is 0.106 e. The highest BCUT2D eigenvalue weighted by Crippen LogP contribution is 2.61. The zero-order valence-electron chi connectivity index (χ0n) is 10.8. The Morgan fingerprint density at radius 2 is 2.17 bits per heavy atom. The van der Waals surface area contributed by atoms with Crippen LogP contribution in [0.5, 0.6) is 0 Å². The Kier molecular flexibility index (Phi) is 2.81. The van der Waals surface area contributed by atoms with Crippen LogP contribution in [0.3, 0.4) is 0 Å². The molecule has 0 radical (unpaired) electrons. The molecule has 0 bridgehead atoms. The molecule has 0 saturated heterocycles. The lowest BCUT2D eigenvalue weighted by atomic mass is 9.99. The number of anilines is 1. The molecule has 2 fully saturated rings. The van der Waals surface area contributed by atoms with Gasteiger partial charge in [-0.15, -0.1) is 0 Å². The maximum atomic E-state index is 5.80. The topological polar surface area (TPSA) is 38.0 Å². The summed E-state index contributed by atoms with van der Waals surface area (Å²) in [6.45, 7) is 3.19. The van der Waals surface area contributed by atoms with Gasteiger partial charge in [-0.3, -0.25) is 0 Å². The molecule has 1 aromatic rings. The second-order valence-electron chi connectivity index (χ2n) is 5.85. The summed E-state index contributed by atoms with van der Waals surface area (Å²) in [5.74, 6) is 0.974. The van der Waals surface area contributed by atoms with Gasteiger partial charge in [0.25, 0.3) is 0 Å². The van der Waals surface area contributed by atoms with Crippen molar-refractivity contribution in [1.29, 1.82) is 0 Å². The summed E-state index contributed by atoms with van der Waals surface area (Å²) >= 11 is 5.13. The summed E-state index contributed by atoms with van der Waals surface area (Å²) in [5.41, 5.74) is 9.74. The van der Waals surface area contributed by atoms with Gasteiger partial charge in [0.05, 0.1) is 0 Å². The monoisotopic (exact) mass is 260 g/mol. The Morgan fingerprint density at radius 3 is 2.72 bits per heavy atom.